The van der Waals surface area contributed by atoms with Gasteiger partial charge in [-0.05, 0) is 38.3 Å². The summed E-state index contributed by atoms with van der Waals surface area (Å²) in [6.07, 6.45) is 2.67. The average Bonchev–Trinajstić information content (AvgIpc) is 2.89. The van der Waals surface area contributed by atoms with E-state index in [1.165, 1.54) is 16.9 Å². The van der Waals surface area contributed by atoms with E-state index in [1.54, 1.807) is 5.38 Å². The van der Waals surface area contributed by atoms with Crippen molar-refractivity contribution in [3.63, 3.8) is 0 Å². The fourth-order valence-electron chi connectivity index (χ4n) is 1.73. The lowest BCUT2D eigenvalue weighted by molar-refractivity contribution is 0.0691. The molecule has 0 radical (unpaired) electrons. The Morgan fingerprint density at radius 1 is 1.30 bits per heavy atom. The number of aryl methyl sites for hydroxylation is 2. The quantitative estimate of drug-likeness (QED) is 0.792. The summed E-state index contributed by atoms with van der Waals surface area (Å²) in [5.41, 5.74) is 1.36. The zero-order valence-electron chi connectivity index (χ0n) is 11.3. The molecule has 106 valence electrons. The molecule has 0 aliphatic carbocycles. The molecule has 0 atom stereocenters. The Hall–Kier alpha value is -1.88. The monoisotopic (exact) mass is 291 g/mol. The largest absolute Gasteiger partial charge is 0.494 e. The number of thiazole rings is 1. The predicted molar refractivity (Wildman–Crippen MR) is 78.7 cm³/mol. The van der Waals surface area contributed by atoms with Crippen LogP contribution in [0.3, 0.4) is 0 Å². The molecule has 5 heteroatoms. The third kappa shape index (κ3) is 4.35. The summed E-state index contributed by atoms with van der Waals surface area (Å²) in [4.78, 5) is 14.7. The van der Waals surface area contributed by atoms with Crippen molar-refractivity contribution >= 4 is 17.3 Å². The molecular weight excluding hydrogens is 274 g/mol. The summed E-state index contributed by atoms with van der Waals surface area (Å²) in [5.74, 6) is -0.0757. The number of carboxylic acid groups (broad SMARTS) is 1. The predicted octanol–water partition coefficient (Wildman–Crippen LogP) is 3.55. The normalized spacial score (nSPS) is 10.4. The number of hydrogen-bond acceptors (Lipinski definition) is 4. The smallest absolute Gasteiger partial charge is 0.355 e. The minimum absolute atomic E-state index is 0.140. The molecule has 0 aliphatic heterocycles. The van der Waals surface area contributed by atoms with Crippen LogP contribution in [0.4, 0.5) is 0 Å². The molecule has 2 rings (SSSR count). The van der Waals surface area contributed by atoms with Crippen LogP contribution in [0.15, 0.2) is 29.6 Å². The van der Waals surface area contributed by atoms with Gasteiger partial charge in [-0.2, -0.15) is 0 Å². The standard InChI is InChI=1S/C15H17NO3S/c1-11-5-7-12(8-6-11)19-9-3-2-4-14-16-13(10-20-14)15(17)18/h5-8,10H,2-4,9H2,1H3,(H,17,18). The van der Waals surface area contributed by atoms with Crippen molar-refractivity contribution in [1.29, 1.82) is 0 Å². The fraction of sp³-hybridized carbons (Fsp3) is 0.333. The van der Waals surface area contributed by atoms with Crippen LogP contribution in [0.2, 0.25) is 0 Å². The summed E-state index contributed by atoms with van der Waals surface area (Å²) in [6, 6.07) is 7.99. The van der Waals surface area contributed by atoms with Gasteiger partial charge in [0.15, 0.2) is 5.69 Å². The van der Waals surface area contributed by atoms with Crippen LogP contribution in [-0.4, -0.2) is 22.7 Å². The van der Waals surface area contributed by atoms with Crippen LogP contribution in [0, 0.1) is 6.92 Å². The van der Waals surface area contributed by atoms with Gasteiger partial charge in [-0.15, -0.1) is 11.3 Å². The van der Waals surface area contributed by atoms with Gasteiger partial charge in [0.25, 0.3) is 0 Å². The first kappa shape index (κ1) is 14.5. The lowest BCUT2D eigenvalue weighted by atomic mass is 10.2. The van der Waals surface area contributed by atoms with E-state index in [0.29, 0.717) is 6.61 Å². The SMILES string of the molecule is Cc1ccc(OCCCCc2nc(C(=O)O)cs2)cc1. The molecule has 0 bridgehead atoms. The summed E-state index contributed by atoms with van der Waals surface area (Å²) in [5, 5.41) is 11.2. The summed E-state index contributed by atoms with van der Waals surface area (Å²) in [6.45, 7) is 2.71. The summed E-state index contributed by atoms with van der Waals surface area (Å²) < 4.78 is 5.63. The topological polar surface area (TPSA) is 59.4 Å². The minimum Gasteiger partial charge on any atom is -0.494 e. The zero-order valence-corrected chi connectivity index (χ0v) is 12.2. The van der Waals surface area contributed by atoms with E-state index in [1.807, 2.05) is 31.2 Å². The highest BCUT2D eigenvalue weighted by molar-refractivity contribution is 7.09. The van der Waals surface area contributed by atoms with Gasteiger partial charge in [0.05, 0.1) is 11.6 Å². The fourth-order valence-corrected chi connectivity index (χ4v) is 2.54. The number of carbonyl (C=O) groups is 1. The van der Waals surface area contributed by atoms with Crippen LogP contribution in [-0.2, 0) is 6.42 Å². The first-order valence-corrected chi connectivity index (χ1v) is 7.40. The molecule has 2 aromatic rings. The molecular formula is C15H17NO3S. The number of ether oxygens (including phenoxy) is 1. The lowest BCUT2D eigenvalue weighted by Crippen LogP contribution is -1.99. The number of unbranched alkanes of at least 4 members (excludes halogenated alkanes) is 1. The summed E-state index contributed by atoms with van der Waals surface area (Å²) in [7, 11) is 0. The van der Waals surface area contributed by atoms with Crippen molar-refractivity contribution in [2.45, 2.75) is 26.2 Å². The first-order chi connectivity index (χ1) is 9.65. The molecule has 0 unspecified atom stereocenters. The number of hydrogen-bond donors (Lipinski definition) is 1. The molecule has 1 aromatic carbocycles. The second-order valence-electron chi connectivity index (χ2n) is 4.55. The van der Waals surface area contributed by atoms with E-state index in [0.717, 1.165) is 30.0 Å². The number of aromatic carboxylic acids is 1. The van der Waals surface area contributed by atoms with Crippen LogP contribution >= 0.6 is 11.3 Å². The van der Waals surface area contributed by atoms with Crippen molar-refractivity contribution in [3.05, 3.63) is 45.9 Å². The van der Waals surface area contributed by atoms with E-state index in [4.69, 9.17) is 9.84 Å². The lowest BCUT2D eigenvalue weighted by Gasteiger charge is -2.05. The number of nitrogens with zero attached hydrogens (tertiary/aromatic N) is 1. The molecule has 1 N–H and O–H groups in total. The van der Waals surface area contributed by atoms with Crippen molar-refractivity contribution in [2.24, 2.45) is 0 Å². The Labute approximate surface area is 122 Å². The van der Waals surface area contributed by atoms with Crippen LogP contribution in [0.5, 0.6) is 5.75 Å². The van der Waals surface area contributed by atoms with Gasteiger partial charge < -0.3 is 9.84 Å². The number of aromatic nitrogens is 1. The highest BCUT2D eigenvalue weighted by atomic mass is 32.1. The second-order valence-corrected chi connectivity index (χ2v) is 5.49. The van der Waals surface area contributed by atoms with E-state index in [2.05, 4.69) is 4.98 Å². The molecule has 0 saturated heterocycles. The van der Waals surface area contributed by atoms with Gasteiger partial charge in [-0.1, -0.05) is 17.7 Å². The molecule has 0 saturated carbocycles. The molecule has 20 heavy (non-hydrogen) atoms. The van der Waals surface area contributed by atoms with E-state index >= 15 is 0 Å². The molecule has 0 fully saturated rings. The third-order valence-electron chi connectivity index (χ3n) is 2.85. The van der Waals surface area contributed by atoms with Gasteiger partial charge in [-0.25, -0.2) is 9.78 Å². The number of benzene rings is 1. The second kappa shape index (κ2) is 7.05. The Kier molecular flexibility index (Phi) is 5.12. The summed E-state index contributed by atoms with van der Waals surface area (Å²) >= 11 is 1.40. The van der Waals surface area contributed by atoms with E-state index in [9.17, 15) is 4.79 Å². The first-order valence-electron chi connectivity index (χ1n) is 6.52. The maximum Gasteiger partial charge on any atom is 0.355 e. The Bertz CT molecular complexity index is 563. The van der Waals surface area contributed by atoms with Gasteiger partial charge >= 0.3 is 5.97 Å². The maximum atomic E-state index is 10.7. The van der Waals surface area contributed by atoms with Crippen molar-refractivity contribution in [3.8, 4) is 5.75 Å². The Balaban J connectivity index is 1.66. The van der Waals surface area contributed by atoms with Crippen molar-refractivity contribution in [1.82, 2.24) is 4.98 Å². The van der Waals surface area contributed by atoms with Crippen LogP contribution < -0.4 is 4.74 Å². The van der Waals surface area contributed by atoms with Crippen LogP contribution in [0.25, 0.3) is 0 Å². The van der Waals surface area contributed by atoms with Gasteiger partial charge in [0.1, 0.15) is 5.75 Å². The molecule has 1 heterocycles. The van der Waals surface area contributed by atoms with Crippen molar-refractivity contribution < 1.29 is 14.6 Å². The maximum absolute atomic E-state index is 10.7. The van der Waals surface area contributed by atoms with Crippen LogP contribution in [0.1, 0.15) is 33.9 Å². The third-order valence-corrected chi connectivity index (χ3v) is 3.75. The Morgan fingerprint density at radius 2 is 2.05 bits per heavy atom. The zero-order chi connectivity index (χ0) is 14.4. The molecule has 0 amide bonds. The molecule has 4 nitrogen and oxygen atoms in total. The van der Waals surface area contributed by atoms with Gasteiger partial charge in [0, 0.05) is 5.38 Å². The van der Waals surface area contributed by atoms with Crippen molar-refractivity contribution in [2.75, 3.05) is 6.61 Å². The molecule has 1 aromatic heterocycles. The minimum atomic E-state index is -0.963. The number of rotatable bonds is 7. The van der Waals surface area contributed by atoms with E-state index < -0.39 is 5.97 Å². The average molecular weight is 291 g/mol. The highest BCUT2D eigenvalue weighted by Crippen LogP contribution is 2.14. The number of carboxylic acids is 1. The molecule has 0 spiro atoms. The van der Waals surface area contributed by atoms with Gasteiger partial charge in [0.2, 0.25) is 0 Å². The van der Waals surface area contributed by atoms with E-state index in [-0.39, 0.29) is 5.69 Å². The highest BCUT2D eigenvalue weighted by Gasteiger charge is 2.07. The molecule has 0 aliphatic rings. The Morgan fingerprint density at radius 3 is 2.70 bits per heavy atom. The van der Waals surface area contributed by atoms with Gasteiger partial charge in [-0.3, -0.25) is 0 Å².